The zero-order chi connectivity index (χ0) is 17.5. The number of hydrogen-bond donors (Lipinski definition) is 2. The summed E-state index contributed by atoms with van der Waals surface area (Å²) in [6, 6.07) is 12.9. The van der Waals surface area contributed by atoms with Crippen LogP contribution in [0.1, 0.15) is 37.7 Å². The van der Waals surface area contributed by atoms with Gasteiger partial charge in [-0.15, -0.1) is 16.9 Å². The molecule has 0 saturated heterocycles. The number of hydrogen-bond acceptors (Lipinski definition) is 4. The first-order valence-electron chi connectivity index (χ1n) is 8.66. The molecule has 1 aliphatic rings. The van der Waals surface area contributed by atoms with Crippen molar-refractivity contribution < 1.29 is 0 Å². The fourth-order valence-corrected chi connectivity index (χ4v) is 4.11. The maximum atomic E-state index is 6.66. The zero-order valence-electron chi connectivity index (χ0n) is 14.2. The van der Waals surface area contributed by atoms with Gasteiger partial charge in [-0.25, -0.2) is 4.98 Å². The van der Waals surface area contributed by atoms with Crippen LogP contribution in [-0.4, -0.2) is 16.1 Å². The molecule has 0 spiro atoms. The van der Waals surface area contributed by atoms with Crippen molar-refractivity contribution in [2.24, 2.45) is 16.1 Å². The summed E-state index contributed by atoms with van der Waals surface area (Å²) in [5.74, 6) is 0.416. The standard InChI is InChI=1S/C19H23N5S/c20-18(23-24-21)8-1-4-14-9-11-15(12-10-14)17-7-3-13-22-19(17)25-16-5-2-6-16/h3,7,9-13,16H,1-2,4-6,8H2,(H3,20,21,23). The molecular weight excluding hydrogens is 330 g/mol. The average Bonchev–Trinajstić information content (AvgIpc) is 2.59. The molecule has 1 aliphatic carbocycles. The largest absolute Gasteiger partial charge is 0.386 e. The average molecular weight is 353 g/mol. The summed E-state index contributed by atoms with van der Waals surface area (Å²) in [4.78, 5) is 4.60. The molecular formula is C19H23N5S. The lowest BCUT2D eigenvalue weighted by Gasteiger charge is -2.24. The van der Waals surface area contributed by atoms with E-state index in [9.17, 15) is 0 Å². The molecule has 0 aliphatic heterocycles. The highest BCUT2D eigenvalue weighted by Crippen LogP contribution is 2.39. The number of nitrogens with zero attached hydrogens (tertiary/aromatic N) is 3. The van der Waals surface area contributed by atoms with Gasteiger partial charge < -0.3 is 5.73 Å². The lowest BCUT2D eigenvalue weighted by Crippen LogP contribution is -2.13. The number of thioether (sulfide) groups is 1. The Balaban J connectivity index is 1.64. The fourth-order valence-electron chi connectivity index (χ4n) is 2.79. The normalized spacial score (nSPS) is 15.0. The van der Waals surface area contributed by atoms with Crippen LogP contribution in [0.2, 0.25) is 0 Å². The van der Waals surface area contributed by atoms with E-state index >= 15 is 0 Å². The van der Waals surface area contributed by atoms with Crippen molar-refractivity contribution in [2.45, 2.75) is 48.8 Å². The summed E-state index contributed by atoms with van der Waals surface area (Å²) in [6.07, 6.45) is 8.34. The monoisotopic (exact) mass is 353 g/mol. The molecule has 1 fully saturated rings. The lowest BCUT2D eigenvalue weighted by molar-refractivity contribution is 0.521. The van der Waals surface area contributed by atoms with E-state index in [1.807, 2.05) is 24.0 Å². The molecule has 3 N–H and O–H groups in total. The Morgan fingerprint density at radius 2 is 2.04 bits per heavy atom. The first kappa shape index (κ1) is 17.6. The van der Waals surface area contributed by atoms with Gasteiger partial charge in [0.1, 0.15) is 10.9 Å². The molecule has 130 valence electrons. The minimum atomic E-state index is 0.416. The number of rotatable bonds is 8. The number of aryl methyl sites for hydroxylation is 1. The van der Waals surface area contributed by atoms with Gasteiger partial charge in [0.25, 0.3) is 0 Å². The van der Waals surface area contributed by atoms with Gasteiger partial charge in [-0.3, -0.25) is 0 Å². The van der Waals surface area contributed by atoms with Crippen molar-refractivity contribution in [3.05, 3.63) is 48.2 Å². The van der Waals surface area contributed by atoms with E-state index in [1.165, 1.54) is 36.0 Å². The Bertz CT molecular complexity index is 738. The third-order valence-electron chi connectivity index (χ3n) is 4.44. The smallest absolute Gasteiger partial charge is 0.124 e. The van der Waals surface area contributed by atoms with Gasteiger partial charge in [-0.1, -0.05) is 42.0 Å². The molecule has 1 saturated carbocycles. The van der Waals surface area contributed by atoms with Crippen molar-refractivity contribution >= 4 is 17.6 Å². The second kappa shape index (κ2) is 8.76. The summed E-state index contributed by atoms with van der Waals surface area (Å²) < 4.78 is 0. The first-order valence-corrected chi connectivity index (χ1v) is 9.54. The van der Waals surface area contributed by atoms with Gasteiger partial charge in [0, 0.05) is 23.4 Å². The van der Waals surface area contributed by atoms with Crippen molar-refractivity contribution in [2.75, 3.05) is 0 Å². The van der Waals surface area contributed by atoms with Gasteiger partial charge in [0.05, 0.1) is 0 Å². The topological polar surface area (TPSA) is 87.5 Å². The van der Waals surface area contributed by atoms with E-state index in [0.29, 0.717) is 12.3 Å². The number of nitrogens with two attached hydrogens (primary N) is 1. The molecule has 0 bridgehead atoms. The summed E-state index contributed by atoms with van der Waals surface area (Å²) in [5.41, 5.74) is 16.0. The Morgan fingerprint density at radius 1 is 1.24 bits per heavy atom. The molecule has 0 atom stereocenters. The van der Waals surface area contributed by atoms with E-state index < -0.39 is 0 Å². The Kier molecular flexibility index (Phi) is 6.17. The quantitative estimate of drug-likeness (QED) is 0.302. The van der Waals surface area contributed by atoms with Crippen molar-refractivity contribution in [1.82, 2.24) is 4.98 Å². The van der Waals surface area contributed by atoms with Crippen LogP contribution in [0.15, 0.2) is 57.9 Å². The van der Waals surface area contributed by atoms with Gasteiger partial charge in [-0.2, -0.15) is 5.53 Å². The van der Waals surface area contributed by atoms with Crippen LogP contribution in [0, 0.1) is 5.53 Å². The van der Waals surface area contributed by atoms with Crippen molar-refractivity contribution in [3.8, 4) is 11.1 Å². The summed E-state index contributed by atoms with van der Waals surface area (Å²) in [7, 11) is 0. The van der Waals surface area contributed by atoms with Crippen LogP contribution >= 0.6 is 11.8 Å². The molecule has 1 aromatic heterocycles. The molecule has 1 heterocycles. The van der Waals surface area contributed by atoms with Gasteiger partial charge in [0.15, 0.2) is 0 Å². The summed E-state index contributed by atoms with van der Waals surface area (Å²) in [6.45, 7) is 0. The lowest BCUT2D eigenvalue weighted by atomic mass is 10.00. The third kappa shape index (κ3) is 4.89. The molecule has 0 unspecified atom stereocenters. The van der Waals surface area contributed by atoms with E-state index in [-0.39, 0.29) is 0 Å². The minimum absolute atomic E-state index is 0.416. The SMILES string of the molecule is N=NN=C(N)CCCc1ccc(-c2cccnc2SC2CCC2)cc1. The molecule has 2 aromatic rings. The van der Waals surface area contributed by atoms with Crippen LogP contribution in [0.25, 0.3) is 11.1 Å². The van der Waals surface area contributed by atoms with Crippen LogP contribution in [0.3, 0.4) is 0 Å². The van der Waals surface area contributed by atoms with Gasteiger partial charge in [-0.05, 0) is 42.9 Å². The number of aromatic nitrogens is 1. The number of benzene rings is 1. The van der Waals surface area contributed by atoms with Crippen LogP contribution in [0.5, 0.6) is 0 Å². The second-order valence-electron chi connectivity index (χ2n) is 6.27. The third-order valence-corrected chi connectivity index (χ3v) is 5.80. The number of nitrogens with one attached hydrogen (secondary N) is 1. The molecule has 25 heavy (non-hydrogen) atoms. The number of pyridine rings is 1. The molecule has 0 amide bonds. The van der Waals surface area contributed by atoms with E-state index in [2.05, 4.69) is 45.6 Å². The first-order chi connectivity index (χ1) is 12.3. The Hall–Kier alpha value is -2.21. The highest BCUT2D eigenvalue weighted by molar-refractivity contribution is 8.00. The molecule has 5 nitrogen and oxygen atoms in total. The predicted molar refractivity (Wildman–Crippen MR) is 103 cm³/mol. The Labute approximate surface area is 152 Å². The Morgan fingerprint density at radius 3 is 2.72 bits per heavy atom. The van der Waals surface area contributed by atoms with Crippen molar-refractivity contribution in [3.63, 3.8) is 0 Å². The van der Waals surface area contributed by atoms with Crippen LogP contribution < -0.4 is 5.73 Å². The highest BCUT2D eigenvalue weighted by Gasteiger charge is 2.20. The van der Waals surface area contributed by atoms with E-state index in [0.717, 1.165) is 23.1 Å². The predicted octanol–water partition coefficient (Wildman–Crippen LogP) is 5.02. The van der Waals surface area contributed by atoms with Crippen LogP contribution in [-0.2, 0) is 6.42 Å². The zero-order valence-corrected chi connectivity index (χ0v) is 15.0. The maximum absolute atomic E-state index is 6.66. The minimum Gasteiger partial charge on any atom is -0.386 e. The second-order valence-corrected chi connectivity index (χ2v) is 7.56. The molecule has 6 heteroatoms. The van der Waals surface area contributed by atoms with E-state index in [1.54, 1.807) is 0 Å². The molecule has 3 rings (SSSR count). The number of amidine groups is 1. The summed E-state index contributed by atoms with van der Waals surface area (Å²) >= 11 is 1.92. The van der Waals surface area contributed by atoms with Crippen molar-refractivity contribution in [1.29, 1.82) is 5.53 Å². The van der Waals surface area contributed by atoms with E-state index in [4.69, 9.17) is 11.3 Å². The fraction of sp³-hybridized carbons (Fsp3) is 0.368. The molecule has 0 radical (unpaired) electrons. The highest BCUT2D eigenvalue weighted by atomic mass is 32.2. The summed E-state index contributed by atoms with van der Waals surface area (Å²) in [5, 5.41) is 8.36. The van der Waals surface area contributed by atoms with Gasteiger partial charge >= 0.3 is 0 Å². The molecule has 1 aromatic carbocycles. The van der Waals surface area contributed by atoms with Gasteiger partial charge in [0.2, 0.25) is 0 Å². The van der Waals surface area contributed by atoms with Crippen LogP contribution in [0.4, 0.5) is 0 Å². The maximum Gasteiger partial charge on any atom is 0.124 e.